The minimum absolute atomic E-state index is 0.952. The molecule has 0 spiro atoms. The van der Waals surface area contributed by atoms with Gasteiger partial charge in [0.1, 0.15) is 11.2 Å². The van der Waals surface area contributed by atoms with Gasteiger partial charge in [0.05, 0.1) is 16.6 Å². The fourth-order valence-electron chi connectivity index (χ4n) is 6.37. The number of hydrogen-bond donors (Lipinski definition) is 0. The van der Waals surface area contributed by atoms with Crippen molar-refractivity contribution in [3.05, 3.63) is 134 Å². The summed E-state index contributed by atoms with van der Waals surface area (Å²) in [6.07, 6.45) is 2.11. The zero-order valence-corrected chi connectivity index (χ0v) is 21.0. The molecule has 0 aliphatic rings. The van der Waals surface area contributed by atoms with Gasteiger partial charge in [0.2, 0.25) is 0 Å². The van der Waals surface area contributed by atoms with E-state index < -0.39 is 0 Å². The summed E-state index contributed by atoms with van der Waals surface area (Å²) >= 11 is 0. The number of rotatable bonds is 2. The topological polar surface area (TPSA) is 27.2 Å². The largest absolute Gasteiger partial charge is 0.309 e. The van der Waals surface area contributed by atoms with E-state index in [4.69, 9.17) is 4.98 Å². The summed E-state index contributed by atoms with van der Waals surface area (Å²) < 4.78 is 6.94. The van der Waals surface area contributed by atoms with Gasteiger partial charge in [-0.2, -0.15) is 0 Å². The molecule has 5 aromatic carbocycles. The Morgan fingerprint density at radius 3 is 1.82 bits per heavy atom. The van der Waals surface area contributed by atoms with Crippen LogP contribution in [0.15, 0.2) is 134 Å². The standard InChI is InChI=1S/C35H22N4/c1-2-10-26-23(9-1)16-21-29-33-35(37-22-8-7-15-32(37)36-33)39(34(26)29)25-19-17-24(18-20-25)38-30-13-5-3-11-27(30)28-12-4-6-14-31(28)38/h1-22H. The number of hydrogen-bond acceptors (Lipinski definition) is 1. The Labute approximate surface area is 223 Å². The number of benzene rings is 5. The van der Waals surface area contributed by atoms with E-state index in [9.17, 15) is 0 Å². The van der Waals surface area contributed by atoms with Crippen molar-refractivity contribution < 1.29 is 0 Å². The SMILES string of the molecule is c1ccc2c(c1)ccc1c3nc4ccccn4c3n(-c3ccc(-n4c5ccccc5c5ccccc54)cc3)c21. The fourth-order valence-corrected chi connectivity index (χ4v) is 6.37. The number of imidazole rings is 1. The number of fused-ring (bicyclic) bond motifs is 10. The Morgan fingerprint density at radius 1 is 0.462 bits per heavy atom. The Hall–Kier alpha value is -5.35. The molecule has 0 saturated heterocycles. The van der Waals surface area contributed by atoms with Crippen molar-refractivity contribution >= 4 is 60.3 Å². The van der Waals surface area contributed by atoms with E-state index in [0.29, 0.717) is 0 Å². The lowest BCUT2D eigenvalue weighted by Gasteiger charge is -2.13. The van der Waals surface area contributed by atoms with Crippen LogP contribution in [0.2, 0.25) is 0 Å². The molecule has 0 aliphatic heterocycles. The third-order valence-electron chi connectivity index (χ3n) is 8.04. The van der Waals surface area contributed by atoms with Gasteiger partial charge in [-0.25, -0.2) is 4.98 Å². The van der Waals surface area contributed by atoms with Crippen LogP contribution in [-0.4, -0.2) is 18.5 Å². The first-order valence-corrected chi connectivity index (χ1v) is 13.2. The molecule has 9 aromatic rings. The van der Waals surface area contributed by atoms with Crippen LogP contribution in [0.25, 0.3) is 71.7 Å². The smallest absolute Gasteiger partial charge is 0.150 e. The Morgan fingerprint density at radius 2 is 1.08 bits per heavy atom. The molecule has 4 heterocycles. The molecule has 4 aromatic heterocycles. The van der Waals surface area contributed by atoms with E-state index >= 15 is 0 Å². The minimum atomic E-state index is 0.952. The second-order valence-corrected chi connectivity index (χ2v) is 10.1. The Bertz CT molecular complexity index is 2320. The number of para-hydroxylation sites is 2. The molecule has 9 rings (SSSR count). The summed E-state index contributed by atoms with van der Waals surface area (Å²) in [5.74, 6) is 0. The number of aromatic nitrogens is 4. The summed E-state index contributed by atoms with van der Waals surface area (Å²) in [5.41, 5.74) is 8.94. The Kier molecular flexibility index (Phi) is 4.02. The zero-order chi connectivity index (χ0) is 25.5. The van der Waals surface area contributed by atoms with E-state index in [1.54, 1.807) is 0 Å². The fraction of sp³-hybridized carbons (Fsp3) is 0. The maximum Gasteiger partial charge on any atom is 0.150 e. The minimum Gasteiger partial charge on any atom is -0.309 e. The number of pyridine rings is 1. The first-order chi connectivity index (χ1) is 19.4. The molecule has 0 saturated carbocycles. The zero-order valence-electron chi connectivity index (χ0n) is 21.0. The average Bonchev–Trinajstić information content (AvgIpc) is 3.64. The molecule has 0 N–H and O–H groups in total. The number of nitrogens with zero attached hydrogens (tertiary/aromatic N) is 4. The maximum atomic E-state index is 5.06. The molecule has 39 heavy (non-hydrogen) atoms. The van der Waals surface area contributed by atoms with Gasteiger partial charge in [-0.15, -0.1) is 0 Å². The summed E-state index contributed by atoms with van der Waals surface area (Å²) in [5, 5.41) is 6.16. The lowest BCUT2D eigenvalue weighted by atomic mass is 10.1. The summed E-state index contributed by atoms with van der Waals surface area (Å²) in [7, 11) is 0. The van der Waals surface area contributed by atoms with Crippen molar-refractivity contribution in [3.8, 4) is 11.4 Å². The van der Waals surface area contributed by atoms with Gasteiger partial charge in [-0.05, 0) is 60.0 Å². The van der Waals surface area contributed by atoms with Gasteiger partial charge >= 0.3 is 0 Å². The molecular weight excluding hydrogens is 476 g/mol. The van der Waals surface area contributed by atoms with Gasteiger partial charge in [0.25, 0.3) is 0 Å². The van der Waals surface area contributed by atoms with Crippen LogP contribution < -0.4 is 0 Å². The molecule has 0 radical (unpaired) electrons. The van der Waals surface area contributed by atoms with E-state index in [-0.39, 0.29) is 0 Å². The first kappa shape index (κ1) is 20.7. The molecule has 0 fully saturated rings. The van der Waals surface area contributed by atoms with Crippen molar-refractivity contribution in [2.45, 2.75) is 0 Å². The molecule has 4 nitrogen and oxygen atoms in total. The molecular formula is C35H22N4. The molecule has 0 amide bonds. The van der Waals surface area contributed by atoms with Gasteiger partial charge < -0.3 is 4.57 Å². The average molecular weight is 499 g/mol. The van der Waals surface area contributed by atoms with Gasteiger partial charge in [-0.3, -0.25) is 8.97 Å². The van der Waals surface area contributed by atoms with Crippen LogP contribution in [0.1, 0.15) is 0 Å². The Balaban J connectivity index is 1.35. The van der Waals surface area contributed by atoms with Crippen LogP contribution in [0.4, 0.5) is 0 Å². The molecule has 0 aliphatic carbocycles. The summed E-state index contributed by atoms with van der Waals surface area (Å²) in [4.78, 5) is 5.06. The van der Waals surface area contributed by atoms with Crippen molar-refractivity contribution in [1.82, 2.24) is 18.5 Å². The third-order valence-corrected chi connectivity index (χ3v) is 8.04. The van der Waals surface area contributed by atoms with Gasteiger partial charge in [0, 0.05) is 39.1 Å². The van der Waals surface area contributed by atoms with Crippen LogP contribution in [0, 0.1) is 0 Å². The summed E-state index contributed by atoms with van der Waals surface area (Å²) in [6.45, 7) is 0. The molecule has 4 heteroatoms. The van der Waals surface area contributed by atoms with E-state index in [1.165, 1.54) is 43.5 Å². The van der Waals surface area contributed by atoms with E-state index in [1.807, 2.05) is 6.07 Å². The monoisotopic (exact) mass is 498 g/mol. The molecule has 0 bridgehead atoms. The molecule has 182 valence electrons. The van der Waals surface area contributed by atoms with Crippen LogP contribution >= 0.6 is 0 Å². The van der Waals surface area contributed by atoms with Crippen molar-refractivity contribution in [2.75, 3.05) is 0 Å². The second kappa shape index (κ2) is 7.59. The quantitative estimate of drug-likeness (QED) is 0.234. The maximum absolute atomic E-state index is 5.06. The van der Waals surface area contributed by atoms with E-state index in [2.05, 4.69) is 141 Å². The van der Waals surface area contributed by atoms with E-state index in [0.717, 1.165) is 28.2 Å². The third kappa shape index (κ3) is 2.75. The predicted octanol–water partition coefficient (Wildman–Crippen LogP) is 8.68. The predicted molar refractivity (Wildman–Crippen MR) is 161 cm³/mol. The first-order valence-electron chi connectivity index (χ1n) is 13.2. The molecule has 0 unspecified atom stereocenters. The second-order valence-electron chi connectivity index (χ2n) is 10.1. The highest BCUT2D eigenvalue weighted by atomic mass is 15.1. The van der Waals surface area contributed by atoms with Crippen molar-refractivity contribution in [2.24, 2.45) is 0 Å². The van der Waals surface area contributed by atoms with Crippen LogP contribution in [0.5, 0.6) is 0 Å². The van der Waals surface area contributed by atoms with Gasteiger partial charge in [0.15, 0.2) is 5.65 Å². The highest BCUT2D eigenvalue weighted by molar-refractivity contribution is 6.17. The highest BCUT2D eigenvalue weighted by Gasteiger charge is 2.20. The summed E-state index contributed by atoms with van der Waals surface area (Å²) in [6, 6.07) is 45.5. The lowest BCUT2D eigenvalue weighted by molar-refractivity contribution is 1.09. The lowest BCUT2D eigenvalue weighted by Crippen LogP contribution is -1.99. The van der Waals surface area contributed by atoms with Crippen LogP contribution in [0.3, 0.4) is 0 Å². The van der Waals surface area contributed by atoms with Crippen molar-refractivity contribution in [3.63, 3.8) is 0 Å². The van der Waals surface area contributed by atoms with Gasteiger partial charge in [-0.1, -0.05) is 72.8 Å². The van der Waals surface area contributed by atoms with Crippen LogP contribution in [-0.2, 0) is 0 Å². The van der Waals surface area contributed by atoms with Crippen molar-refractivity contribution in [1.29, 1.82) is 0 Å². The highest BCUT2D eigenvalue weighted by Crippen LogP contribution is 2.37. The normalized spacial score (nSPS) is 12.1. The molecule has 0 atom stereocenters.